The van der Waals surface area contributed by atoms with Crippen molar-refractivity contribution in [3.8, 4) is 0 Å². The fourth-order valence-corrected chi connectivity index (χ4v) is 4.11. The number of hydrogen-bond acceptors (Lipinski definition) is 4. The number of nitrogens with one attached hydrogen (secondary N) is 1. The van der Waals surface area contributed by atoms with E-state index in [1.165, 1.54) is 4.90 Å². The number of thioether (sulfide) groups is 1. The van der Waals surface area contributed by atoms with E-state index < -0.39 is 12.1 Å². The summed E-state index contributed by atoms with van der Waals surface area (Å²) in [6.07, 6.45) is -0.457. The molecule has 0 spiro atoms. The molecule has 2 amide bonds. The number of benzene rings is 2. The zero-order valence-electron chi connectivity index (χ0n) is 15.6. The highest BCUT2D eigenvalue weighted by molar-refractivity contribution is 7.99. The van der Waals surface area contributed by atoms with Crippen LogP contribution in [0.5, 0.6) is 0 Å². The fourth-order valence-electron chi connectivity index (χ4n) is 2.97. The zero-order valence-corrected chi connectivity index (χ0v) is 16.4. The maximum atomic E-state index is 12.8. The highest BCUT2D eigenvalue weighted by atomic mass is 32.2. The Hall–Kier alpha value is -2.47. The Morgan fingerprint density at radius 1 is 1.15 bits per heavy atom. The number of carbonyl (C=O) groups is 2. The van der Waals surface area contributed by atoms with Gasteiger partial charge in [0.1, 0.15) is 12.6 Å². The summed E-state index contributed by atoms with van der Waals surface area (Å²) in [6.45, 7) is 4.37. The van der Waals surface area contributed by atoms with E-state index in [4.69, 9.17) is 4.74 Å². The second-order valence-corrected chi connectivity index (χ2v) is 7.76. The van der Waals surface area contributed by atoms with Crippen LogP contribution in [0.1, 0.15) is 30.9 Å². The van der Waals surface area contributed by atoms with Crippen molar-refractivity contribution in [3.63, 3.8) is 0 Å². The summed E-state index contributed by atoms with van der Waals surface area (Å²) in [4.78, 5) is 26.8. The minimum absolute atomic E-state index is 0.176. The van der Waals surface area contributed by atoms with Crippen LogP contribution in [0.3, 0.4) is 0 Å². The van der Waals surface area contributed by atoms with Crippen molar-refractivity contribution in [2.45, 2.75) is 32.4 Å². The molecular formula is C21H24N2O3S. The third kappa shape index (κ3) is 4.83. The number of nitrogens with zero attached hydrogens (tertiary/aromatic N) is 1. The van der Waals surface area contributed by atoms with Gasteiger partial charge in [-0.1, -0.05) is 62.4 Å². The molecule has 0 radical (unpaired) electrons. The zero-order chi connectivity index (χ0) is 19.2. The van der Waals surface area contributed by atoms with Gasteiger partial charge in [0.15, 0.2) is 0 Å². The highest BCUT2D eigenvalue weighted by Gasteiger charge is 2.36. The van der Waals surface area contributed by atoms with Crippen LogP contribution in [-0.2, 0) is 16.1 Å². The molecule has 0 bridgehead atoms. The Bertz CT molecular complexity index is 795. The minimum atomic E-state index is -0.529. The van der Waals surface area contributed by atoms with Gasteiger partial charge in [0.05, 0.1) is 5.88 Å². The standard InChI is InChI=1S/C21H24N2O3S/c1-15(2)17-10-6-7-11-18(17)22-20(24)19-13-27-14-23(19)21(25)26-12-16-8-4-3-5-9-16/h3-11,15,19H,12-14H2,1-2H3,(H,22,24)/t19-/m0/s1. The van der Waals surface area contributed by atoms with Crippen LogP contribution < -0.4 is 5.32 Å². The maximum Gasteiger partial charge on any atom is 0.411 e. The Morgan fingerprint density at radius 2 is 1.85 bits per heavy atom. The van der Waals surface area contributed by atoms with Crippen LogP contribution in [0, 0.1) is 0 Å². The summed E-state index contributed by atoms with van der Waals surface area (Å²) in [7, 11) is 0. The van der Waals surface area contributed by atoms with E-state index in [-0.39, 0.29) is 12.5 Å². The number of carbonyl (C=O) groups excluding carboxylic acids is 2. The number of anilines is 1. The molecule has 5 nitrogen and oxygen atoms in total. The van der Waals surface area contributed by atoms with Gasteiger partial charge >= 0.3 is 6.09 Å². The van der Waals surface area contributed by atoms with Crippen LogP contribution in [-0.4, -0.2) is 34.6 Å². The van der Waals surface area contributed by atoms with Crippen molar-refractivity contribution >= 4 is 29.4 Å². The maximum absolute atomic E-state index is 12.8. The minimum Gasteiger partial charge on any atom is -0.445 e. The van der Waals surface area contributed by atoms with Crippen LogP contribution in [0.4, 0.5) is 10.5 Å². The molecule has 0 aromatic heterocycles. The summed E-state index contributed by atoms with van der Waals surface area (Å²) in [5.74, 6) is 1.14. The lowest BCUT2D eigenvalue weighted by Gasteiger charge is -2.23. The Labute approximate surface area is 164 Å². The van der Waals surface area contributed by atoms with Crippen molar-refractivity contribution in [2.75, 3.05) is 16.9 Å². The van der Waals surface area contributed by atoms with Crippen molar-refractivity contribution in [2.24, 2.45) is 0 Å². The predicted octanol–water partition coefficient (Wildman–Crippen LogP) is 4.46. The van der Waals surface area contributed by atoms with Gasteiger partial charge in [-0.25, -0.2) is 4.79 Å². The highest BCUT2D eigenvalue weighted by Crippen LogP contribution is 2.27. The fraction of sp³-hybridized carbons (Fsp3) is 0.333. The van der Waals surface area contributed by atoms with E-state index >= 15 is 0 Å². The van der Waals surface area contributed by atoms with E-state index in [2.05, 4.69) is 19.2 Å². The molecule has 2 aromatic carbocycles. The quantitative estimate of drug-likeness (QED) is 0.827. The van der Waals surface area contributed by atoms with E-state index in [1.807, 2.05) is 54.6 Å². The molecule has 1 atom stereocenters. The largest absolute Gasteiger partial charge is 0.445 e. The molecule has 1 fully saturated rings. The number of hydrogen-bond donors (Lipinski definition) is 1. The molecule has 27 heavy (non-hydrogen) atoms. The monoisotopic (exact) mass is 384 g/mol. The summed E-state index contributed by atoms with van der Waals surface area (Å²) >= 11 is 1.55. The third-order valence-corrected chi connectivity index (χ3v) is 5.48. The molecular weight excluding hydrogens is 360 g/mol. The lowest BCUT2D eigenvalue weighted by atomic mass is 10.0. The molecule has 0 saturated carbocycles. The number of para-hydroxylation sites is 1. The van der Waals surface area contributed by atoms with Gasteiger partial charge in [-0.2, -0.15) is 0 Å². The molecule has 0 aliphatic carbocycles. The molecule has 142 valence electrons. The van der Waals surface area contributed by atoms with E-state index in [0.29, 0.717) is 17.5 Å². The van der Waals surface area contributed by atoms with Crippen molar-refractivity contribution < 1.29 is 14.3 Å². The molecule has 1 N–H and O–H groups in total. The Kier molecular flexibility index (Phi) is 6.40. The first-order chi connectivity index (χ1) is 13.1. The third-order valence-electron chi connectivity index (χ3n) is 4.47. The molecule has 6 heteroatoms. The van der Waals surface area contributed by atoms with E-state index in [0.717, 1.165) is 16.8 Å². The molecule has 1 aliphatic heterocycles. The van der Waals surface area contributed by atoms with Crippen LogP contribution >= 0.6 is 11.8 Å². The van der Waals surface area contributed by atoms with Crippen LogP contribution in [0.25, 0.3) is 0 Å². The number of ether oxygens (including phenoxy) is 1. The van der Waals surface area contributed by atoms with Gasteiger partial charge in [0, 0.05) is 11.4 Å². The Morgan fingerprint density at radius 3 is 2.59 bits per heavy atom. The second-order valence-electron chi connectivity index (χ2n) is 6.76. The SMILES string of the molecule is CC(C)c1ccccc1NC(=O)[C@@H]1CSCN1C(=O)OCc1ccccc1. The molecule has 1 heterocycles. The summed E-state index contributed by atoms with van der Waals surface area (Å²) < 4.78 is 5.40. The molecule has 0 unspecified atom stereocenters. The normalized spacial score (nSPS) is 16.4. The van der Waals surface area contributed by atoms with Gasteiger partial charge < -0.3 is 10.1 Å². The van der Waals surface area contributed by atoms with Gasteiger partial charge in [-0.15, -0.1) is 11.8 Å². The summed E-state index contributed by atoms with van der Waals surface area (Å²) in [5, 5.41) is 2.99. The number of amides is 2. The first kappa shape index (κ1) is 19.3. The lowest BCUT2D eigenvalue weighted by Crippen LogP contribution is -2.44. The summed E-state index contributed by atoms with van der Waals surface area (Å²) in [6, 6.07) is 16.8. The molecule has 2 aromatic rings. The predicted molar refractivity (Wildman–Crippen MR) is 109 cm³/mol. The van der Waals surface area contributed by atoms with Crippen molar-refractivity contribution in [1.82, 2.24) is 4.90 Å². The topological polar surface area (TPSA) is 58.6 Å². The van der Waals surface area contributed by atoms with Gasteiger partial charge in [0.2, 0.25) is 5.91 Å². The molecule has 1 aliphatic rings. The number of rotatable bonds is 5. The Balaban J connectivity index is 1.63. The van der Waals surface area contributed by atoms with Gasteiger partial charge in [-0.3, -0.25) is 9.69 Å². The second kappa shape index (κ2) is 8.95. The van der Waals surface area contributed by atoms with Crippen LogP contribution in [0.2, 0.25) is 0 Å². The lowest BCUT2D eigenvalue weighted by molar-refractivity contribution is -0.119. The average molecular weight is 385 g/mol. The van der Waals surface area contributed by atoms with Crippen molar-refractivity contribution in [1.29, 1.82) is 0 Å². The van der Waals surface area contributed by atoms with E-state index in [1.54, 1.807) is 11.8 Å². The van der Waals surface area contributed by atoms with Gasteiger partial charge in [-0.05, 0) is 23.1 Å². The first-order valence-corrected chi connectivity index (χ1v) is 10.2. The van der Waals surface area contributed by atoms with Crippen molar-refractivity contribution in [3.05, 3.63) is 65.7 Å². The average Bonchev–Trinajstić information content (AvgIpc) is 3.17. The van der Waals surface area contributed by atoms with Gasteiger partial charge in [0.25, 0.3) is 0 Å². The molecule has 3 rings (SSSR count). The van der Waals surface area contributed by atoms with E-state index in [9.17, 15) is 9.59 Å². The summed E-state index contributed by atoms with van der Waals surface area (Å²) in [5.41, 5.74) is 2.80. The molecule has 1 saturated heterocycles. The van der Waals surface area contributed by atoms with Crippen LogP contribution in [0.15, 0.2) is 54.6 Å². The first-order valence-electron chi connectivity index (χ1n) is 9.01. The smallest absolute Gasteiger partial charge is 0.411 e.